The van der Waals surface area contributed by atoms with Crippen LogP contribution >= 0.6 is 0 Å². The van der Waals surface area contributed by atoms with Crippen LogP contribution in [-0.2, 0) is 4.74 Å². The summed E-state index contributed by atoms with van der Waals surface area (Å²) in [7, 11) is 0. The molecular weight excluding hydrogens is 296 g/mol. The molecule has 4 rings (SSSR count). The molecule has 0 aromatic carbocycles. The number of anilines is 1. The lowest BCUT2D eigenvalue weighted by Crippen LogP contribution is -2.52. The Kier molecular flexibility index (Phi) is 3.88. The fourth-order valence-electron chi connectivity index (χ4n) is 3.54. The number of aliphatic hydroxyl groups is 1. The quantitative estimate of drug-likeness (QED) is 0.824. The van der Waals surface area contributed by atoms with Crippen molar-refractivity contribution >= 4 is 17.0 Å². The molecule has 8 nitrogen and oxygen atoms in total. The van der Waals surface area contributed by atoms with Crippen LogP contribution in [0.3, 0.4) is 0 Å². The molecule has 0 radical (unpaired) electrons. The molecule has 0 unspecified atom stereocenters. The summed E-state index contributed by atoms with van der Waals surface area (Å²) in [5.74, 6) is 0.776. The summed E-state index contributed by atoms with van der Waals surface area (Å²) in [6.07, 6.45) is 5.56. The van der Waals surface area contributed by atoms with Gasteiger partial charge in [0.2, 0.25) is 0 Å². The Morgan fingerprint density at radius 1 is 1.22 bits per heavy atom. The second-order valence-electron chi connectivity index (χ2n) is 6.48. The van der Waals surface area contributed by atoms with E-state index in [0.29, 0.717) is 38.5 Å². The van der Waals surface area contributed by atoms with E-state index in [9.17, 15) is 5.11 Å². The molecule has 2 aromatic rings. The zero-order valence-electron chi connectivity index (χ0n) is 13.1. The Balaban J connectivity index is 1.59. The Labute approximate surface area is 134 Å². The third kappa shape index (κ3) is 3.01. The van der Waals surface area contributed by atoms with Gasteiger partial charge in [-0.1, -0.05) is 0 Å². The maximum atomic E-state index is 11.1. The van der Waals surface area contributed by atoms with Crippen LogP contribution in [0.15, 0.2) is 12.7 Å². The largest absolute Gasteiger partial charge is 0.384 e. The summed E-state index contributed by atoms with van der Waals surface area (Å²) in [5.41, 5.74) is 0.555. The first-order chi connectivity index (χ1) is 11.2. The lowest BCUT2D eigenvalue weighted by Gasteiger charge is -2.34. The van der Waals surface area contributed by atoms with E-state index >= 15 is 0 Å². The van der Waals surface area contributed by atoms with Crippen molar-refractivity contribution in [3.05, 3.63) is 12.7 Å². The molecule has 0 aliphatic carbocycles. The number of imidazole rings is 1. The smallest absolute Gasteiger partial charge is 0.182 e. The van der Waals surface area contributed by atoms with E-state index in [1.54, 1.807) is 6.33 Å². The van der Waals surface area contributed by atoms with Crippen molar-refractivity contribution < 1.29 is 9.84 Å². The molecule has 124 valence electrons. The SMILES string of the molecule is O[C@@]1(CN2CCCC2)COCCN(c2ncnc3nc[nH]c23)C1. The van der Waals surface area contributed by atoms with Crippen LogP contribution in [-0.4, -0.2) is 81.5 Å². The number of rotatable bonds is 3. The van der Waals surface area contributed by atoms with E-state index in [-0.39, 0.29) is 0 Å². The van der Waals surface area contributed by atoms with Crippen molar-refractivity contribution in [1.29, 1.82) is 0 Å². The summed E-state index contributed by atoms with van der Waals surface area (Å²) in [6.45, 7) is 4.86. The lowest BCUT2D eigenvalue weighted by molar-refractivity contribution is -0.0439. The first-order valence-corrected chi connectivity index (χ1v) is 8.15. The number of nitrogens with zero attached hydrogens (tertiary/aromatic N) is 5. The summed E-state index contributed by atoms with van der Waals surface area (Å²) in [5, 5.41) is 11.1. The number of ether oxygens (including phenoxy) is 1. The van der Waals surface area contributed by atoms with Crippen molar-refractivity contribution in [3.8, 4) is 0 Å². The molecule has 2 saturated heterocycles. The van der Waals surface area contributed by atoms with E-state index in [1.165, 1.54) is 19.2 Å². The molecule has 0 spiro atoms. The number of fused-ring (bicyclic) bond motifs is 1. The van der Waals surface area contributed by atoms with Crippen molar-refractivity contribution in [2.75, 3.05) is 50.8 Å². The van der Waals surface area contributed by atoms with Gasteiger partial charge in [0, 0.05) is 13.1 Å². The fourth-order valence-corrected chi connectivity index (χ4v) is 3.54. The number of aromatic nitrogens is 4. The third-order valence-electron chi connectivity index (χ3n) is 4.58. The predicted molar refractivity (Wildman–Crippen MR) is 85.3 cm³/mol. The van der Waals surface area contributed by atoms with Gasteiger partial charge in [-0.15, -0.1) is 0 Å². The first kappa shape index (κ1) is 14.8. The number of aromatic amines is 1. The van der Waals surface area contributed by atoms with Gasteiger partial charge >= 0.3 is 0 Å². The normalized spacial score (nSPS) is 26.7. The average molecular weight is 318 g/mol. The number of β-amino-alcohol motifs (C(OH)–C–C–N with tert-alkyl or cyclic N) is 1. The van der Waals surface area contributed by atoms with Gasteiger partial charge in [0.15, 0.2) is 11.5 Å². The third-order valence-corrected chi connectivity index (χ3v) is 4.58. The van der Waals surface area contributed by atoms with Crippen LogP contribution in [0.1, 0.15) is 12.8 Å². The summed E-state index contributed by atoms with van der Waals surface area (Å²) >= 11 is 0. The van der Waals surface area contributed by atoms with Crippen molar-refractivity contribution in [2.45, 2.75) is 18.4 Å². The van der Waals surface area contributed by atoms with Gasteiger partial charge in [0.1, 0.15) is 17.4 Å². The maximum Gasteiger partial charge on any atom is 0.182 e. The second kappa shape index (κ2) is 6.03. The topological polar surface area (TPSA) is 90.4 Å². The first-order valence-electron chi connectivity index (χ1n) is 8.15. The molecule has 2 aliphatic rings. The monoisotopic (exact) mass is 318 g/mol. The Morgan fingerprint density at radius 2 is 2.09 bits per heavy atom. The van der Waals surface area contributed by atoms with Crippen LogP contribution in [0, 0.1) is 0 Å². The van der Waals surface area contributed by atoms with E-state index in [1.807, 2.05) is 0 Å². The van der Waals surface area contributed by atoms with E-state index < -0.39 is 5.60 Å². The lowest BCUT2D eigenvalue weighted by atomic mass is 10.0. The average Bonchev–Trinajstić information content (AvgIpc) is 3.17. The van der Waals surface area contributed by atoms with Crippen molar-refractivity contribution in [1.82, 2.24) is 24.8 Å². The second-order valence-corrected chi connectivity index (χ2v) is 6.48. The molecule has 4 heterocycles. The van der Waals surface area contributed by atoms with Crippen molar-refractivity contribution in [3.63, 3.8) is 0 Å². The molecule has 2 aromatic heterocycles. The zero-order valence-corrected chi connectivity index (χ0v) is 13.1. The number of hydrogen-bond donors (Lipinski definition) is 2. The minimum absolute atomic E-state index is 0.358. The summed E-state index contributed by atoms with van der Waals surface area (Å²) < 4.78 is 5.68. The highest BCUT2D eigenvalue weighted by Crippen LogP contribution is 2.24. The van der Waals surface area contributed by atoms with E-state index in [2.05, 4.69) is 29.7 Å². The number of likely N-dealkylation sites (tertiary alicyclic amines) is 1. The van der Waals surface area contributed by atoms with Crippen molar-refractivity contribution in [2.24, 2.45) is 0 Å². The maximum absolute atomic E-state index is 11.1. The van der Waals surface area contributed by atoms with Crippen LogP contribution < -0.4 is 4.90 Å². The van der Waals surface area contributed by atoms with Crippen LogP contribution in [0.2, 0.25) is 0 Å². The van der Waals surface area contributed by atoms with E-state index in [4.69, 9.17) is 4.74 Å². The number of nitrogens with one attached hydrogen (secondary N) is 1. The minimum atomic E-state index is -0.891. The molecule has 8 heteroatoms. The van der Waals surface area contributed by atoms with Gasteiger partial charge in [-0.3, -0.25) is 0 Å². The zero-order chi connectivity index (χ0) is 15.7. The van der Waals surface area contributed by atoms with Crippen LogP contribution in [0.25, 0.3) is 11.2 Å². The highest BCUT2D eigenvalue weighted by atomic mass is 16.5. The number of hydrogen-bond acceptors (Lipinski definition) is 7. The van der Waals surface area contributed by atoms with Gasteiger partial charge in [-0.05, 0) is 25.9 Å². The molecule has 1 atom stereocenters. The Bertz CT molecular complexity index is 671. The highest BCUT2D eigenvalue weighted by molar-refractivity contribution is 5.82. The fraction of sp³-hybridized carbons (Fsp3) is 0.667. The van der Waals surface area contributed by atoms with Gasteiger partial charge in [0.05, 0.1) is 26.1 Å². The van der Waals surface area contributed by atoms with Gasteiger partial charge in [0.25, 0.3) is 0 Å². The highest BCUT2D eigenvalue weighted by Gasteiger charge is 2.36. The summed E-state index contributed by atoms with van der Waals surface area (Å²) in [4.78, 5) is 20.2. The molecule has 0 bridgehead atoms. The van der Waals surface area contributed by atoms with Gasteiger partial charge in [-0.2, -0.15) is 0 Å². The summed E-state index contributed by atoms with van der Waals surface area (Å²) in [6, 6.07) is 0. The molecule has 2 N–H and O–H groups in total. The van der Waals surface area contributed by atoms with Gasteiger partial charge < -0.3 is 24.6 Å². The molecule has 2 fully saturated rings. The molecular formula is C15H22N6O2. The predicted octanol–water partition coefficient (Wildman–Crippen LogP) is 0.0164. The standard InChI is InChI=1S/C15H22N6O2/c22-15(7-20-3-1-2-4-20)8-21(5-6-23-9-15)14-12-13(17-10-16-12)18-11-19-14/h10-11,22H,1-9H2,(H,16,17,18,19)/t15-/m1/s1. The molecule has 2 aliphatic heterocycles. The molecule has 0 saturated carbocycles. The Hall–Kier alpha value is -1.77. The van der Waals surface area contributed by atoms with E-state index in [0.717, 1.165) is 24.4 Å². The van der Waals surface area contributed by atoms with Crippen LogP contribution in [0.4, 0.5) is 5.82 Å². The van der Waals surface area contributed by atoms with Crippen LogP contribution in [0.5, 0.6) is 0 Å². The Morgan fingerprint density at radius 3 is 2.96 bits per heavy atom. The van der Waals surface area contributed by atoms with Gasteiger partial charge in [-0.25, -0.2) is 15.0 Å². The number of H-pyrrole nitrogens is 1. The molecule has 0 amide bonds. The minimum Gasteiger partial charge on any atom is -0.384 e. The molecule has 23 heavy (non-hydrogen) atoms.